The summed E-state index contributed by atoms with van der Waals surface area (Å²) in [6.07, 6.45) is 2.88. The Morgan fingerprint density at radius 3 is 2.62 bits per heavy atom. The van der Waals surface area contributed by atoms with Gasteiger partial charge in [-0.15, -0.1) is 11.8 Å². The zero-order chi connectivity index (χ0) is 11.4. The molecule has 0 radical (unpaired) electrons. The molecule has 0 unspecified atom stereocenters. The fraction of sp³-hybridized carbons (Fsp3) is 0.538. The molecule has 1 aromatic carbocycles. The van der Waals surface area contributed by atoms with E-state index in [1.54, 1.807) is 0 Å². The Kier molecular flexibility index (Phi) is 4.56. The molecule has 2 rings (SSSR count). The lowest BCUT2D eigenvalue weighted by atomic mass is 10.4. The van der Waals surface area contributed by atoms with E-state index in [1.807, 2.05) is 23.9 Å². The Hall–Kier alpha value is -0.180. The van der Waals surface area contributed by atoms with Crippen molar-refractivity contribution in [2.75, 3.05) is 25.9 Å². The van der Waals surface area contributed by atoms with Gasteiger partial charge in [-0.1, -0.05) is 11.6 Å². The number of hydrogen-bond donors (Lipinski definition) is 0. The molecule has 0 amide bonds. The summed E-state index contributed by atoms with van der Waals surface area (Å²) in [6.45, 7) is 2.45. The van der Waals surface area contributed by atoms with Gasteiger partial charge in [0.05, 0.1) is 0 Å². The number of benzene rings is 1. The van der Waals surface area contributed by atoms with E-state index < -0.39 is 0 Å². The molecule has 0 atom stereocenters. The fourth-order valence-electron chi connectivity index (χ4n) is 1.68. The number of halogens is 1. The van der Waals surface area contributed by atoms with Crippen LogP contribution in [0.2, 0.25) is 5.02 Å². The molecule has 1 nitrogen and oxygen atoms in total. The van der Waals surface area contributed by atoms with Crippen LogP contribution in [0.25, 0.3) is 0 Å². The van der Waals surface area contributed by atoms with Gasteiger partial charge in [0.15, 0.2) is 0 Å². The number of hydrogen-bond acceptors (Lipinski definition) is 2. The third-order valence-electron chi connectivity index (χ3n) is 2.82. The van der Waals surface area contributed by atoms with Gasteiger partial charge in [0.2, 0.25) is 0 Å². The summed E-state index contributed by atoms with van der Waals surface area (Å²) >= 11 is 7.75. The van der Waals surface area contributed by atoms with Gasteiger partial charge in [-0.3, -0.25) is 0 Å². The molecule has 3 heteroatoms. The van der Waals surface area contributed by atoms with E-state index in [1.165, 1.54) is 30.8 Å². The second kappa shape index (κ2) is 5.95. The van der Waals surface area contributed by atoms with Gasteiger partial charge in [-0.25, -0.2) is 0 Å². The Labute approximate surface area is 107 Å². The lowest BCUT2D eigenvalue weighted by Crippen LogP contribution is -2.23. The van der Waals surface area contributed by atoms with Crippen LogP contribution in [0.1, 0.15) is 12.8 Å². The minimum absolute atomic E-state index is 0.815. The van der Waals surface area contributed by atoms with Crippen LogP contribution in [-0.4, -0.2) is 30.8 Å². The highest BCUT2D eigenvalue weighted by atomic mass is 35.5. The maximum absolute atomic E-state index is 5.84. The summed E-state index contributed by atoms with van der Waals surface area (Å²) in [6, 6.07) is 8.09. The van der Waals surface area contributed by atoms with Gasteiger partial charge < -0.3 is 4.90 Å². The predicted molar refractivity (Wildman–Crippen MR) is 72.4 cm³/mol. The van der Waals surface area contributed by atoms with Gasteiger partial charge in [-0.2, -0.15) is 0 Å². The summed E-state index contributed by atoms with van der Waals surface area (Å²) in [5.41, 5.74) is 0. The van der Waals surface area contributed by atoms with Crippen LogP contribution in [-0.2, 0) is 0 Å². The standard InChI is InChI=1S/C13H18ClNS/c1-15(10-11-2-3-11)8-9-16-13-6-4-12(14)5-7-13/h4-7,11H,2-3,8-10H2,1H3. The van der Waals surface area contributed by atoms with Crippen molar-refractivity contribution >= 4 is 23.4 Å². The largest absolute Gasteiger partial charge is 0.305 e. The summed E-state index contributed by atoms with van der Waals surface area (Å²) in [4.78, 5) is 3.75. The molecule has 0 heterocycles. The van der Waals surface area contributed by atoms with Gasteiger partial charge in [0, 0.05) is 28.8 Å². The van der Waals surface area contributed by atoms with Crippen molar-refractivity contribution in [3.8, 4) is 0 Å². The van der Waals surface area contributed by atoms with Crippen molar-refractivity contribution in [1.82, 2.24) is 4.90 Å². The second-order valence-corrected chi connectivity index (χ2v) is 6.11. The van der Waals surface area contributed by atoms with E-state index in [0.29, 0.717) is 0 Å². The molecular weight excluding hydrogens is 238 g/mol. The predicted octanol–water partition coefficient (Wildman–Crippen LogP) is 3.77. The molecule has 0 spiro atoms. The average molecular weight is 256 g/mol. The van der Waals surface area contributed by atoms with E-state index >= 15 is 0 Å². The van der Waals surface area contributed by atoms with Gasteiger partial charge in [0.25, 0.3) is 0 Å². The van der Waals surface area contributed by atoms with Gasteiger partial charge in [0.1, 0.15) is 0 Å². The van der Waals surface area contributed by atoms with Crippen molar-refractivity contribution in [3.05, 3.63) is 29.3 Å². The molecule has 0 saturated heterocycles. The highest BCUT2D eigenvalue weighted by Gasteiger charge is 2.22. The minimum atomic E-state index is 0.815. The average Bonchev–Trinajstić information content (AvgIpc) is 3.05. The minimum Gasteiger partial charge on any atom is -0.305 e. The fourth-order valence-corrected chi connectivity index (χ4v) is 2.78. The quantitative estimate of drug-likeness (QED) is 0.712. The van der Waals surface area contributed by atoms with E-state index in [0.717, 1.165) is 16.7 Å². The normalized spacial score (nSPS) is 15.7. The van der Waals surface area contributed by atoms with Crippen molar-refractivity contribution < 1.29 is 0 Å². The van der Waals surface area contributed by atoms with Crippen LogP contribution in [0.15, 0.2) is 29.2 Å². The zero-order valence-corrected chi connectivity index (χ0v) is 11.2. The molecule has 1 saturated carbocycles. The van der Waals surface area contributed by atoms with Crippen LogP contribution < -0.4 is 0 Å². The maximum atomic E-state index is 5.84. The summed E-state index contributed by atoms with van der Waals surface area (Å²) in [5.74, 6) is 2.15. The van der Waals surface area contributed by atoms with Crippen LogP contribution >= 0.6 is 23.4 Å². The first-order chi connectivity index (χ1) is 7.74. The Balaban J connectivity index is 1.64. The Bertz CT molecular complexity index is 321. The summed E-state index contributed by atoms with van der Waals surface area (Å²) < 4.78 is 0. The Morgan fingerprint density at radius 2 is 2.00 bits per heavy atom. The van der Waals surface area contributed by atoms with Crippen LogP contribution in [0.5, 0.6) is 0 Å². The van der Waals surface area contributed by atoms with Crippen LogP contribution in [0, 0.1) is 5.92 Å². The molecule has 1 fully saturated rings. The topological polar surface area (TPSA) is 3.24 Å². The van der Waals surface area contributed by atoms with E-state index in [2.05, 4.69) is 24.1 Å². The lowest BCUT2D eigenvalue weighted by molar-refractivity contribution is 0.340. The summed E-state index contributed by atoms with van der Waals surface area (Å²) in [7, 11) is 2.22. The molecule has 0 aromatic heterocycles. The number of rotatable bonds is 6. The molecule has 0 aliphatic heterocycles. The van der Waals surface area contributed by atoms with Crippen molar-refractivity contribution in [2.24, 2.45) is 5.92 Å². The second-order valence-electron chi connectivity index (χ2n) is 4.51. The highest BCUT2D eigenvalue weighted by molar-refractivity contribution is 7.99. The van der Waals surface area contributed by atoms with Crippen molar-refractivity contribution in [3.63, 3.8) is 0 Å². The first-order valence-electron chi connectivity index (χ1n) is 5.81. The molecule has 0 N–H and O–H groups in total. The van der Waals surface area contributed by atoms with Crippen molar-refractivity contribution in [2.45, 2.75) is 17.7 Å². The number of thioether (sulfide) groups is 1. The van der Waals surface area contributed by atoms with E-state index in [9.17, 15) is 0 Å². The molecule has 1 aromatic rings. The van der Waals surface area contributed by atoms with E-state index in [4.69, 9.17) is 11.6 Å². The maximum Gasteiger partial charge on any atom is 0.0406 e. The zero-order valence-electron chi connectivity index (χ0n) is 9.66. The molecule has 16 heavy (non-hydrogen) atoms. The molecular formula is C13H18ClNS. The first-order valence-corrected chi connectivity index (χ1v) is 7.17. The molecule has 1 aliphatic carbocycles. The van der Waals surface area contributed by atoms with Crippen LogP contribution in [0.4, 0.5) is 0 Å². The third-order valence-corrected chi connectivity index (χ3v) is 4.07. The molecule has 88 valence electrons. The monoisotopic (exact) mass is 255 g/mol. The first kappa shape index (κ1) is 12.3. The van der Waals surface area contributed by atoms with Crippen LogP contribution in [0.3, 0.4) is 0 Å². The van der Waals surface area contributed by atoms with E-state index in [-0.39, 0.29) is 0 Å². The Morgan fingerprint density at radius 1 is 1.31 bits per heavy atom. The lowest BCUT2D eigenvalue weighted by Gasteiger charge is -2.15. The third kappa shape index (κ3) is 4.36. The van der Waals surface area contributed by atoms with Crippen molar-refractivity contribution in [1.29, 1.82) is 0 Å². The smallest absolute Gasteiger partial charge is 0.0406 e. The van der Waals surface area contributed by atoms with Gasteiger partial charge >= 0.3 is 0 Å². The molecule has 1 aliphatic rings. The SMILES string of the molecule is CN(CCSc1ccc(Cl)cc1)CC1CC1. The van der Waals surface area contributed by atoms with Gasteiger partial charge in [-0.05, 0) is 50.1 Å². The highest BCUT2D eigenvalue weighted by Crippen LogP contribution is 2.29. The molecule has 0 bridgehead atoms. The number of nitrogens with zero attached hydrogens (tertiary/aromatic N) is 1. The summed E-state index contributed by atoms with van der Waals surface area (Å²) in [5, 5.41) is 0.815.